The summed E-state index contributed by atoms with van der Waals surface area (Å²) in [5.74, 6) is 1.23. The highest BCUT2D eigenvalue weighted by molar-refractivity contribution is 5.27. The van der Waals surface area contributed by atoms with E-state index in [0.29, 0.717) is 5.92 Å². The van der Waals surface area contributed by atoms with Crippen molar-refractivity contribution in [1.29, 1.82) is 0 Å². The molecule has 19 heavy (non-hydrogen) atoms. The Morgan fingerprint density at radius 2 is 1.74 bits per heavy atom. The maximum Gasteiger partial charge on any atom is 0.0321 e. The molecule has 106 valence electrons. The van der Waals surface area contributed by atoms with Crippen LogP contribution in [0.2, 0.25) is 0 Å². The highest BCUT2D eigenvalue weighted by atomic mass is 14.7. The first-order valence-corrected chi connectivity index (χ1v) is 7.78. The predicted molar refractivity (Wildman–Crippen MR) is 82.0 cm³/mol. The van der Waals surface area contributed by atoms with E-state index in [4.69, 9.17) is 11.5 Å². The maximum absolute atomic E-state index is 6.30. The molecule has 2 atom stereocenters. The Kier molecular flexibility index (Phi) is 5.41. The second kappa shape index (κ2) is 7.06. The zero-order valence-electron chi connectivity index (χ0n) is 12.1. The lowest BCUT2D eigenvalue weighted by Gasteiger charge is -2.23. The van der Waals surface area contributed by atoms with Gasteiger partial charge in [0.2, 0.25) is 0 Å². The van der Waals surface area contributed by atoms with Gasteiger partial charge in [-0.05, 0) is 48.8 Å². The van der Waals surface area contributed by atoms with Gasteiger partial charge in [-0.3, -0.25) is 0 Å². The normalized spacial score (nSPS) is 20.2. The maximum atomic E-state index is 6.30. The van der Waals surface area contributed by atoms with E-state index in [1.165, 1.54) is 43.2 Å². The van der Waals surface area contributed by atoms with Gasteiger partial charge in [0, 0.05) is 6.04 Å². The summed E-state index contributed by atoms with van der Waals surface area (Å²) in [6.45, 7) is 2.90. The summed E-state index contributed by atoms with van der Waals surface area (Å²) in [5, 5.41) is 0. The fourth-order valence-electron chi connectivity index (χ4n) is 3.20. The predicted octanol–water partition coefficient (Wildman–Crippen LogP) is 3.72. The van der Waals surface area contributed by atoms with E-state index < -0.39 is 0 Å². The van der Waals surface area contributed by atoms with Gasteiger partial charge in [0.05, 0.1) is 0 Å². The Bertz CT molecular complexity index is 365. The molecule has 1 fully saturated rings. The van der Waals surface area contributed by atoms with Gasteiger partial charge in [-0.15, -0.1) is 0 Å². The average molecular weight is 260 g/mol. The van der Waals surface area contributed by atoms with Gasteiger partial charge in [-0.2, -0.15) is 0 Å². The van der Waals surface area contributed by atoms with Gasteiger partial charge < -0.3 is 11.5 Å². The van der Waals surface area contributed by atoms with Gasteiger partial charge >= 0.3 is 0 Å². The fourth-order valence-corrected chi connectivity index (χ4v) is 3.20. The minimum atomic E-state index is 0.115. The van der Waals surface area contributed by atoms with Crippen molar-refractivity contribution in [3.05, 3.63) is 35.4 Å². The molecule has 4 N–H and O–H groups in total. The van der Waals surface area contributed by atoms with E-state index in [1.807, 2.05) is 0 Å². The number of hydrogen-bond donors (Lipinski definition) is 2. The minimum Gasteiger partial charge on any atom is -0.330 e. The lowest BCUT2D eigenvalue weighted by atomic mass is 9.83. The van der Waals surface area contributed by atoms with Crippen LogP contribution in [0.25, 0.3) is 0 Å². The Morgan fingerprint density at radius 1 is 1.11 bits per heavy atom. The van der Waals surface area contributed by atoms with Crippen molar-refractivity contribution >= 4 is 0 Å². The Morgan fingerprint density at radius 3 is 2.32 bits per heavy atom. The monoisotopic (exact) mass is 260 g/mol. The van der Waals surface area contributed by atoms with Crippen molar-refractivity contribution in [1.82, 2.24) is 0 Å². The number of benzene rings is 1. The molecule has 1 aliphatic rings. The summed E-state index contributed by atoms with van der Waals surface area (Å²) < 4.78 is 0. The fraction of sp³-hybridized carbons (Fsp3) is 0.647. The molecule has 0 spiro atoms. The molecule has 1 aliphatic carbocycles. The smallest absolute Gasteiger partial charge is 0.0321 e. The third-order valence-electron chi connectivity index (χ3n) is 4.63. The van der Waals surface area contributed by atoms with Crippen LogP contribution in [-0.4, -0.2) is 6.54 Å². The Balaban J connectivity index is 2.01. The van der Waals surface area contributed by atoms with Crippen LogP contribution >= 0.6 is 0 Å². The molecule has 0 aliphatic heterocycles. The van der Waals surface area contributed by atoms with Crippen molar-refractivity contribution in [3.63, 3.8) is 0 Å². The first kappa shape index (κ1) is 14.5. The molecule has 0 amide bonds. The van der Waals surface area contributed by atoms with Crippen LogP contribution in [0.5, 0.6) is 0 Å². The van der Waals surface area contributed by atoms with Crippen LogP contribution in [0, 0.1) is 5.92 Å². The van der Waals surface area contributed by atoms with Crippen LogP contribution in [0.4, 0.5) is 0 Å². The van der Waals surface area contributed by atoms with Gasteiger partial charge in [-0.1, -0.05) is 50.5 Å². The zero-order valence-corrected chi connectivity index (χ0v) is 12.1. The average Bonchev–Trinajstić information content (AvgIpc) is 2.48. The van der Waals surface area contributed by atoms with Crippen LogP contribution in [0.3, 0.4) is 0 Å². The van der Waals surface area contributed by atoms with Crippen molar-refractivity contribution in [2.75, 3.05) is 6.54 Å². The molecule has 2 nitrogen and oxygen atoms in total. The lowest BCUT2D eigenvalue weighted by Crippen LogP contribution is -2.21. The molecule has 0 aromatic heterocycles. The molecular formula is C17H28N2. The summed E-state index contributed by atoms with van der Waals surface area (Å²) in [5.41, 5.74) is 14.7. The van der Waals surface area contributed by atoms with Crippen LogP contribution < -0.4 is 11.5 Å². The van der Waals surface area contributed by atoms with E-state index in [9.17, 15) is 0 Å². The van der Waals surface area contributed by atoms with Crippen molar-refractivity contribution < 1.29 is 0 Å². The van der Waals surface area contributed by atoms with E-state index in [-0.39, 0.29) is 6.04 Å². The summed E-state index contributed by atoms with van der Waals surface area (Å²) in [7, 11) is 0. The molecule has 0 saturated heterocycles. The van der Waals surface area contributed by atoms with E-state index in [1.54, 1.807) is 0 Å². The van der Waals surface area contributed by atoms with Crippen molar-refractivity contribution in [2.24, 2.45) is 17.4 Å². The molecule has 1 aromatic carbocycles. The lowest BCUT2D eigenvalue weighted by molar-refractivity contribution is 0.439. The molecule has 1 aromatic rings. The van der Waals surface area contributed by atoms with Crippen LogP contribution in [0.15, 0.2) is 24.3 Å². The third-order valence-corrected chi connectivity index (χ3v) is 4.63. The van der Waals surface area contributed by atoms with Crippen molar-refractivity contribution in [2.45, 2.75) is 57.4 Å². The van der Waals surface area contributed by atoms with E-state index in [0.717, 1.165) is 18.9 Å². The summed E-state index contributed by atoms with van der Waals surface area (Å²) >= 11 is 0. The number of rotatable bonds is 5. The van der Waals surface area contributed by atoms with E-state index >= 15 is 0 Å². The number of hydrogen-bond acceptors (Lipinski definition) is 2. The molecule has 2 rings (SSSR count). The third kappa shape index (κ3) is 3.80. The molecule has 0 radical (unpaired) electrons. The Hall–Kier alpha value is -0.860. The highest BCUT2D eigenvalue weighted by Crippen LogP contribution is 2.33. The minimum absolute atomic E-state index is 0.115. The number of nitrogens with two attached hydrogens (primary N) is 2. The van der Waals surface area contributed by atoms with Gasteiger partial charge in [0.15, 0.2) is 0 Å². The first-order valence-electron chi connectivity index (χ1n) is 7.78. The van der Waals surface area contributed by atoms with Gasteiger partial charge in [-0.25, -0.2) is 0 Å². The molecule has 2 unspecified atom stereocenters. The molecule has 1 saturated carbocycles. The molecule has 0 bridgehead atoms. The second-order valence-corrected chi connectivity index (χ2v) is 6.08. The summed E-state index contributed by atoms with van der Waals surface area (Å²) in [6.07, 6.45) is 7.89. The summed E-state index contributed by atoms with van der Waals surface area (Å²) in [4.78, 5) is 0. The highest BCUT2D eigenvalue weighted by Gasteiger charge is 2.17. The van der Waals surface area contributed by atoms with Crippen LogP contribution in [0.1, 0.15) is 68.5 Å². The summed E-state index contributed by atoms with van der Waals surface area (Å²) in [6, 6.07) is 9.15. The SMILES string of the molecule is CC(CCN)C(N)c1ccc(C2CCCCC2)cc1. The molecule has 0 heterocycles. The second-order valence-electron chi connectivity index (χ2n) is 6.08. The van der Waals surface area contributed by atoms with Crippen LogP contribution in [-0.2, 0) is 0 Å². The first-order chi connectivity index (χ1) is 9.22. The molecular weight excluding hydrogens is 232 g/mol. The van der Waals surface area contributed by atoms with Crippen molar-refractivity contribution in [3.8, 4) is 0 Å². The largest absolute Gasteiger partial charge is 0.330 e. The zero-order chi connectivity index (χ0) is 13.7. The topological polar surface area (TPSA) is 52.0 Å². The van der Waals surface area contributed by atoms with Gasteiger partial charge in [0.25, 0.3) is 0 Å². The quantitative estimate of drug-likeness (QED) is 0.847. The van der Waals surface area contributed by atoms with Gasteiger partial charge in [0.1, 0.15) is 0 Å². The van der Waals surface area contributed by atoms with E-state index in [2.05, 4.69) is 31.2 Å². The standard InChI is InChI=1S/C17H28N2/c1-13(11-12-18)17(19)16-9-7-15(8-10-16)14-5-3-2-4-6-14/h7-10,13-14,17H,2-6,11-12,18-19H2,1H3. The molecule has 2 heteroatoms. The Labute approximate surface area is 117 Å².